The van der Waals surface area contributed by atoms with E-state index in [4.69, 9.17) is 21.3 Å². The summed E-state index contributed by atoms with van der Waals surface area (Å²) in [5.74, 6) is 0.514. The molecule has 9 nitrogen and oxygen atoms in total. The van der Waals surface area contributed by atoms with E-state index in [0.717, 1.165) is 65.5 Å². The number of hydrogen-bond acceptors (Lipinski definition) is 7. The van der Waals surface area contributed by atoms with Crippen molar-refractivity contribution >= 4 is 28.4 Å². The minimum Gasteiger partial charge on any atom is -0.487 e. The number of nitrogens with zero attached hydrogens (tertiary/aromatic N) is 5. The van der Waals surface area contributed by atoms with Gasteiger partial charge >= 0.3 is 0 Å². The molecule has 4 aromatic rings. The highest BCUT2D eigenvalue weighted by atomic mass is 35.5. The molecule has 1 aromatic carbocycles. The van der Waals surface area contributed by atoms with Crippen LogP contribution in [-0.2, 0) is 25.0 Å². The summed E-state index contributed by atoms with van der Waals surface area (Å²) in [4.78, 5) is 24.2. The fourth-order valence-electron chi connectivity index (χ4n) is 5.62. The second-order valence-electron chi connectivity index (χ2n) is 10.7. The Labute approximate surface area is 244 Å². The third-order valence-electron chi connectivity index (χ3n) is 7.76. The molecule has 1 fully saturated rings. The van der Waals surface area contributed by atoms with Gasteiger partial charge in [-0.05, 0) is 43.5 Å². The highest BCUT2D eigenvalue weighted by molar-refractivity contribution is 6.31. The van der Waals surface area contributed by atoms with Crippen molar-refractivity contribution in [3.8, 4) is 17.0 Å². The number of ether oxygens (including phenoxy) is 1. The van der Waals surface area contributed by atoms with E-state index < -0.39 is 12.7 Å². The predicted molar refractivity (Wildman–Crippen MR) is 157 cm³/mol. The number of aromatic nitrogens is 4. The van der Waals surface area contributed by atoms with E-state index in [2.05, 4.69) is 10.1 Å². The smallest absolute Gasteiger partial charge is 0.226 e. The van der Waals surface area contributed by atoms with Crippen LogP contribution in [0.5, 0.6) is 5.75 Å². The Kier molecular flexibility index (Phi) is 9.17. The monoisotopic (exact) mass is 577 g/mol. The van der Waals surface area contributed by atoms with Gasteiger partial charge in [0, 0.05) is 66.9 Å². The number of aryl methyl sites for hydroxylation is 2. The van der Waals surface area contributed by atoms with Crippen molar-refractivity contribution in [1.29, 1.82) is 0 Å². The molecule has 5 rings (SSSR count). The van der Waals surface area contributed by atoms with Gasteiger partial charge in [0.15, 0.2) is 0 Å². The van der Waals surface area contributed by atoms with E-state index in [0.29, 0.717) is 16.3 Å². The summed E-state index contributed by atoms with van der Waals surface area (Å²) in [6.45, 7) is 1.90. The lowest BCUT2D eigenvalue weighted by Crippen LogP contribution is -2.42. The maximum Gasteiger partial charge on any atom is 0.226 e. The first-order chi connectivity index (χ1) is 19.9. The molecule has 1 aliphatic rings. The van der Waals surface area contributed by atoms with Gasteiger partial charge < -0.3 is 19.8 Å². The van der Waals surface area contributed by atoms with Gasteiger partial charge in [-0.25, -0.2) is 4.98 Å². The van der Waals surface area contributed by atoms with Crippen molar-refractivity contribution in [1.82, 2.24) is 24.6 Å². The van der Waals surface area contributed by atoms with Crippen molar-refractivity contribution in [2.45, 2.75) is 58.3 Å². The van der Waals surface area contributed by atoms with Crippen molar-refractivity contribution in [2.75, 3.05) is 13.2 Å². The van der Waals surface area contributed by atoms with E-state index in [1.54, 1.807) is 23.5 Å². The van der Waals surface area contributed by atoms with Crippen LogP contribution in [0.15, 0.2) is 48.9 Å². The Morgan fingerprint density at radius 3 is 2.76 bits per heavy atom. The minimum atomic E-state index is -1.03. The van der Waals surface area contributed by atoms with Crippen LogP contribution in [0, 0.1) is 12.8 Å². The SMILES string of the molecule is Cc1cc(-c2ccnn2C)c2cccc(OCc3c(Cl)cncc3CN(CC(O)CO)C(=O)C3CCCCC3)c2n1. The van der Waals surface area contributed by atoms with Crippen LogP contribution < -0.4 is 4.74 Å². The van der Waals surface area contributed by atoms with Gasteiger partial charge in [-0.3, -0.25) is 14.5 Å². The summed E-state index contributed by atoms with van der Waals surface area (Å²) in [5, 5.41) is 25.4. The van der Waals surface area contributed by atoms with E-state index in [9.17, 15) is 15.0 Å². The standard InChI is InChI=1S/C31H36ClN5O4/c1-20-13-25(28-11-12-34-36(28)2)24-9-6-10-29(30(24)35-20)41-19-26-22(14-33-15-27(26)32)16-37(17-23(39)18-38)31(40)21-7-4-3-5-8-21/h6,9-15,21,23,38-39H,3-5,7-8,16-19H2,1-2H3. The normalized spacial score (nSPS) is 14.8. The molecule has 1 unspecified atom stereocenters. The number of para-hydroxylation sites is 1. The van der Waals surface area contributed by atoms with Crippen LogP contribution in [0.1, 0.15) is 48.9 Å². The summed E-state index contributed by atoms with van der Waals surface area (Å²) >= 11 is 6.63. The Balaban J connectivity index is 1.43. The number of benzene rings is 1. The second-order valence-corrected chi connectivity index (χ2v) is 11.1. The van der Waals surface area contributed by atoms with Gasteiger partial charge in [0.05, 0.1) is 23.4 Å². The number of halogens is 1. The molecule has 0 saturated heterocycles. The summed E-state index contributed by atoms with van der Waals surface area (Å²) in [6, 6.07) is 9.85. The molecule has 41 heavy (non-hydrogen) atoms. The van der Waals surface area contributed by atoms with E-state index in [1.165, 1.54) is 0 Å². The third-order valence-corrected chi connectivity index (χ3v) is 8.09. The molecule has 10 heteroatoms. The molecule has 216 valence electrons. The molecule has 3 aromatic heterocycles. The topological polar surface area (TPSA) is 114 Å². The fourth-order valence-corrected chi connectivity index (χ4v) is 5.86. The van der Waals surface area contributed by atoms with Crippen molar-refractivity contribution in [3.63, 3.8) is 0 Å². The molecule has 2 N–H and O–H groups in total. The maximum atomic E-state index is 13.5. The summed E-state index contributed by atoms with van der Waals surface area (Å²) in [7, 11) is 1.91. The van der Waals surface area contributed by atoms with Crippen LogP contribution in [0.4, 0.5) is 0 Å². The number of fused-ring (bicyclic) bond motifs is 1. The summed E-state index contributed by atoms with van der Waals surface area (Å²) in [6.07, 6.45) is 8.82. The molecule has 1 atom stereocenters. The third kappa shape index (κ3) is 6.53. The van der Waals surface area contributed by atoms with E-state index in [-0.39, 0.29) is 31.5 Å². The lowest BCUT2D eigenvalue weighted by molar-refractivity contribution is -0.139. The number of carbonyl (C=O) groups excluding carboxylic acids is 1. The Bertz CT molecular complexity index is 1520. The van der Waals surface area contributed by atoms with Gasteiger partial charge in [0.1, 0.15) is 17.9 Å². The Morgan fingerprint density at radius 1 is 1.22 bits per heavy atom. The zero-order chi connectivity index (χ0) is 28.9. The first-order valence-electron chi connectivity index (χ1n) is 14.1. The van der Waals surface area contributed by atoms with Crippen molar-refractivity contribution in [2.24, 2.45) is 13.0 Å². The quantitative estimate of drug-likeness (QED) is 0.277. The number of aliphatic hydroxyl groups is 2. The van der Waals surface area contributed by atoms with Gasteiger partial charge in [0.2, 0.25) is 5.91 Å². The molecular formula is C31H36ClN5O4. The molecule has 3 heterocycles. The first kappa shape index (κ1) is 29.0. The van der Waals surface area contributed by atoms with Crippen molar-refractivity contribution < 1.29 is 19.7 Å². The minimum absolute atomic E-state index is 0.0135. The fraction of sp³-hybridized carbons (Fsp3) is 0.419. The molecule has 1 amide bonds. The Hall–Kier alpha value is -3.53. The van der Waals surface area contributed by atoms with Gasteiger partial charge in [-0.15, -0.1) is 0 Å². The number of rotatable bonds is 10. The highest BCUT2D eigenvalue weighted by Gasteiger charge is 2.28. The average molecular weight is 578 g/mol. The maximum absolute atomic E-state index is 13.5. The molecule has 0 radical (unpaired) electrons. The van der Waals surface area contributed by atoms with Crippen LogP contribution in [-0.4, -0.2) is 60.0 Å². The number of carbonyl (C=O) groups is 1. The number of aliphatic hydroxyl groups excluding tert-OH is 2. The predicted octanol–water partition coefficient (Wildman–Crippen LogP) is 4.83. The highest BCUT2D eigenvalue weighted by Crippen LogP contribution is 2.34. The second kappa shape index (κ2) is 13.0. The number of pyridine rings is 2. The molecule has 0 aliphatic heterocycles. The van der Waals surface area contributed by atoms with Gasteiger partial charge in [-0.2, -0.15) is 5.10 Å². The zero-order valence-corrected chi connectivity index (χ0v) is 24.2. The molecule has 1 aliphatic carbocycles. The van der Waals surface area contributed by atoms with Gasteiger partial charge in [-0.1, -0.05) is 43.0 Å². The molecule has 0 spiro atoms. The largest absolute Gasteiger partial charge is 0.487 e. The summed E-state index contributed by atoms with van der Waals surface area (Å²) < 4.78 is 8.19. The van der Waals surface area contributed by atoms with Gasteiger partial charge in [0.25, 0.3) is 0 Å². The lowest BCUT2D eigenvalue weighted by Gasteiger charge is -2.31. The summed E-state index contributed by atoms with van der Waals surface area (Å²) in [5.41, 5.74) is 5.01. The van der Waals surface area contributed by atoms with Crippen LogP contribution in [0.2, 0.25) is 5.02 Å². The molecule has 1 saturated carbocycles. The van der Waals surface area contributed by atoms with Crippen LogP contribution >= 0.6 is 11.6 Å². The first-order valence-corrected chi connectivity index (χ1v) is 14.4. The van der Waals surface area contributed by atoms with E-state index in [1.807, 2.05) is 49.0 Å². The molecular weight excluding hydrogens is 542 g/mol. The van der Waals surface area contributed by atoms with Crippen molar-refractivity contribution in [3.05, 3.63) is 70.8 Å². The zero-order valence-electron chi connectivity index (χ0n) is 23.5. The Morgan fingerprint density at radius 2 is 2.02 bits per heavy atom. The van der Waals surface area contributed by atoms with E-state index >= 15 is 0 Å². The van der Waals surface area contributed by atoms with Crippen LogP contribution in [0.3, 0.4) is 0 Å². The van der Waals surface area contributed by atoms with Crippen LogP contribution in [0.25, 0.3) is 22.2 Å². The lowest BCUT2D eigenvalue weighted by atomic mass is 9.88. The number of amides is 1. The molecule has 0 bridgehead atoms. The number of hydrogen-bond donors (Lipinski definition) is 2. The average Bonchev–Trinajstić information content (AvgIpc) is 3.41.